The van der Waals surface area contributed by atoms with Crippen molar-refractivity contribution in [3.63, 3.8) is 0 Å². The molecule has 1 saturated heterocycles. The van der Waals surface area contributed by atoms with E-state index in [1.54, 1.807) is 7.05 Å². The highest BCUT2D eigenvalue weighted by atomic mass is 16.5. The van der Waals surface area contributed by atoms with Gasteiger partial charge in [-0.25, -0.2) is 0 Å². The molecule has 6 nitrogen and oxygen atoms in total. The fourth-order valence-corrected chi connectivity index (χ4v) is 2.67. The second-order valence-corrected chi connectivity index (χ2v) is 5.55. The third-order valence-corrected chi connectivity index (χ3v) is 3.97. The first-order valence-corrected chi connectivity index (χ1v) is 8.01. The van der Waals surface area contributed by atoms with Crippen molar-refractivity contribution in [2.45, 2.75) is 13.0 Å². The standard InChI is InChI=1S/C17H26N4O2/c1-18-17(19-9-8-16(22)23-2)21-12-10-20(11-13-21)14-15-6-4-3-5-7-15/h3-7H,8-14H2,1-2H3,(H,18,19). The summed E-state index contributed by atoms with van der Waals surface area (Å²) in [7, 11) is 3.18. The van der Waals surface area contributed by atoms with Gasteiger partial charge in [-0.05, 0) is 5.56 Å². The summed E-state index contributed by atoms with van der Waals surface area (Å²) in [6.07, 6.45) is 0.351. The summed E-state index contributed by atoms with van der Waals surface area (Å²) in [6.45, 7) is 5.42. The Bertz CT molecular complexity index is 511. The first-order chi connectivity index (χ1) is 11.2. The molecule has 1 aliphatic heterocycles. The number of carbonyl (C=O) groups is 1. The van der Waals surface area contributed by atoms with Crippen LogP contribution in [0.2, 0.25) is 0 Å². The van der Waals surface area contributed by atoms with Crippen LogP contribution in [-0.4, -0.2) is 68.6 Å². The Labute approximate surface area is 138 Å². The smallest absolute Gasteiger partial charge is 0.307 e. The van der Waals surface area contributed by atoms with E-state index in [0.717, 1.165) is 38.7 Å². The lowest BCUT2D eigenvalue weighted by Gasteiger charge is -2.36. The minimum Gasteiger partial charge on any atom is -0.469 e. The molecule has 126 valence electrons. The fraction of sp³-hybridized carbons (Fsp3) is 0.529. The van der Waals surface area contributed by atoms with Crippen LogP contribution >= 0.6 is 0 Å². The van der Waals surface area contributed by atoms with Gasteiger partial charge >= 0.3 is 5.97 Å². The lowest BCUT2D eigenvalue weighted by atomic mass is 10.2. The molecular weight excluding hydrogens is 292 g/mol. The highest BCUT2D eigenvalue weighted by Crippen LogP contribution is 2.08. The second-order valence-electron chi connectivity index (χ2n) is 5.55. The number of rotatable bonds is 5. The molecule has 1 aromatic rings. The third-order valence-electron chi connectivity index (χ3n) is 3.97. The number of hydrogen-bond acceptors (Lipinski definition) is 4. The van der Waals surface area contributed by atoms with Crippen LogP contribution in [0.1, 0.15) is 12.0 Å². The predicted octanol–water partition coefficient (Wildman–Crippen LogP) is 0.943. The molecule has 1 N–H and O–H groups in total. The molecule has 1 aliphatic rings. The molecule has 0 aliphatic carbocycles. The lowest BCUT2D eigenvalue weighted by molar-refractivity contribution is -0.140. The van der Waals surface area contributed by atoms with Gasteiger partial charge in [-0.15, -0.1) is 0 Å². The van der Waals surface area contributed by atoms with Crippen molar-refractivity contribution in [3.05, 3.63) is 35.9 Å². The lowest BCUT2D eigenvalue weighted by Crippen LogP contribution is -2.52. The second kappa shape index (κ2) is 9.15. The normalized spacial score (nSPS) is 16.3. The number of nitrogens with one attached hydrogen (secondary N) is 1. The number of benzene rings is 1. The summed E-state index contributed by atoms with van der Waals surface area (Å²) in [5.74, 6) is 0.647. The Balaban J connectivity index is 1.75. The van der Waals surface area contributed by atoms with E-state index in [-0.39, 0.29) is 5.97 Å². The van der Waals surface area contributed by atoms with E-state index in [9.17, 15) is 4.79 Å². The minimum absolute atomic E-state index is 0.208. The number of piperazine rings is 1. The molecule has 0 radical (unpaired) electrons. The van der Waals surface area contributed by atoms with Gasteiger partial charge < -0.3 is 15.0 Å². The largest absolute Gasteiger partial charge is 0.469 e. The summed E-state index contributed by atoms with van der Waals surface area (Å²) >= 11 is 0. The number of aliphatic imine (C=N–C) groups is 1. The molecule has 0 unspecified atom stereocenters. The van der Waals surface area contributed by atoms with Gasteiger partial charge in [-0.2, -0.15) is 0 Å². The molecule has 0 spiro atoms. The monoisotopic (exact) mass is 318 g/mol. The van der Waals surface area contributed by atoms with Crippen molar-refractivity contribution >= 4 is 11.9 Å². The third kappa shape index (κ3) is 5.56. The highest BCUT2D eigenvalue weighted by Gasteiger charge is 2.19. The molecule has 0 atom stereocenters. The van der Waals surface area contributed by atoms with Crippen LogP contribution in [0.5, 0.6) is 0 Å². The van der Waals surface area contributed by atoms with Gasteiger partial charge in [-0.1, -0.05) is 30.3 Å². The van der Waals surface area contributed by atoms with Crippen molar-refractivity contribution in [3.8, 4) is 0 Å². The quantitative estimate of drug-likeness (QED) is 0.497. The number of nitrogens with zero attached hydrogens (tertiary/aromatic N) is 3. The van der Waals surface area contributed by atoms with E-state index in [4.69, 9.17) is 0 Å². The summed E-state index contributed by atoms with van der Waals surface area (Å²) in [5, 5.41) is 3.23. The number of methoxy groups -OCH3 is 1. The van der Waals surface area contributed by atoms with Crippen LogP contribution in [0, 0.1) is 0 Å². The zero-order valence-corrected chi connectivity index (χ0v) is 14.0. The first kappa shape index (κ1) is 17.3. The summed E-state index contributed by atoms with van der Waals surface area (Å²) in [6, 6.07) is 10.5. The molecule has 0 saturated carbocycles. The molecule has 23 heavy (non-hydrogen) atoms. The zero-order chi connectivity index (χ0) is 16.5. The van der Waals surface area contributed by atoms with Gasteiger partial charge in [-0.3, -0.25) is 14.7 Å². The molecule has 2 rings (SSSR count). The Morgan fingerprint density at radius 1 is 1.22 bits per heavy atom. The molecule has 1 heterocycles. The van der Waals surface area contributed by atoms with Crippen molar-refractivity contribution in [2.24, 2.45) is 4.99 Å². The van der Waals surface area contributed by atoms with E-state index in [1.807, 2.05) is 6.07 Å². The molecule has 0 amide bonds. The topological polar surface area (TPSA) is 57.2 Å². The van der Waals surface area contributed by atoms with E-state index in [1.165, 1.54) is 12.7 Å². The summed E-state index contributed by atoms with van der Waals surface area (Å²) in [5.41, 5.74) is 1.35. The molecule has 1 fully saturated rings. The van der Waals surface area contributed by atoms with Gasteiger partial charge in [0.15, 0.2) is 5.96 Å². The van der Waals surface area contributed by atoms with Crippen LogP contribution in [0.3, 0.4) is 0 Å². The molecule has 1 aromatic carbocycles. The molecule has 0 aromatic heterocycles. The van der Waals surface area contributed by atoms with Crippen molar-refractivity contribution in [2.75, 3.05) is 46.9 Å². The van der Waals surface area contributed by atoms with Gasteiger partial charge in [0, 0.05) is 46.3 Å². The molecule has 0 bridgehead atoms. The highest BCUT2D eigenvalue weighted by molar-refractivity contribution is 5.80. The summed E-state index contributed by atoms with van der Waals surface area (Å²) < 4.78 is 4.64. The maximum atomic E-state index is 11.2. The maximum absolute atomic E-state index is 11.2. The van der Waals surface area contributed by atoms with E-state index >= 15 is 0 Å². The fourth-order valence-electron chi connectivity index (χ4n) is 2.67. The van der Waals surface area contributed by atoms with Gasteiger partial charge in [0.25, 0.3) is 0 Å². The Kier molecular flexibility index (Phi) is 6.87. The Morgan fingerprint density at radius 3 is 2.52 bits per heavy atom. The average molecular weight is 318 g/mol. The van der Waals surface area contributed by atoms with Gasteiger partial charge in [0.05, 0.1) is 13.5 Å². The number of esters is 1. The van der Waals surface area contributed by atoms with Crippen molar-refractivity contribution < 1.29 is 9.53 Å². The van der Waals surface area contributed by atoms with Gasteiger partial charge in [0.1, 0.15) is 0 Å². The molecule has 6 heteroatoms. The SMILES string of the molecule is CN=C(NCCC(=O)OC)N1CCN(Cc2ccccc2)CC1. The van der Waals surface area contributed by atoms with Crippen LogP contribution in [0.15, 0.2) is 35.3 Å². The number of ether oxygens (including phenoxy) is 1. The minimum atomic E-state index is -0.208. The number of hydrogen-bond donors (Lipinski definition) is 1. The number of guanidine groups is 1. The van der Waals surface area contributed by atoms with Crippen molar-refractivity contribution in [1.29, 1.82) is 0 Å². The van der Waals surface area contributed by atoms with Crippen LogP contribution in [0.4, 0.5) is 0 Å². The summed E-state index contributed by atoms with van der Waals surface area (Å²) in [4.78, 5) is 20.1. The van der Waals surface area contributed by atoms with Crippen LogP contribution in [0.25, 0.3) is 0 Å². The van der Waals surface area contributed by atoms with E-state index < -0.39 is 0 Å². The predicted molar refractivity (Wildman–Crippen MR) is 91.3 cm³/mol. The maximum Gasteiger partial charge on any atom is 0.307 e. The Hall–Kier alpha value is -2.08. The van der Waals surface area contributed by atoms with Crippen LogP contribution < -0.4 is 5.32 Å². The molecular formula is C17H26N4O2. The Morgan fingerprint density at radius 2 is 1.91 bits per heavy atom. The van der Waals surface area contributed by atoms with Crippen LogP contribution in [-0.2, 0) is 16.1 Å². The first-order valence-electron chi connectivity index (χ1n) is 8.01. The van der Waals surface area contributed by atoms with Crippen molar-refractivity contribution in [1.82, 2.24) is 15.1 Å². The van der Waals surface area contributed by atoms with Gasteiger partial charge in [0.2, 0.25) is 0 Å². The van der Waals surface area contributed by atoms with E-state index in [0.29, 0.717) is 13.0 Å². The number of carbonyl (C=O) groups excluding carboxylic acids is 1. The zero-order valence-electron chi connectivity index (χ0n) is 14.0. The average Bonchev–Trinajstić information content (AvgIpc) is 2.60. The van der Waals surface area contributed by atoms with E-state index in [2.05, 4.69) is 49.1 Å².